The quantitative estimate of drug-likeness (QED) is 0.756. The molecule has 0 aliphatic carbocycles. The van der Waals surface area contributed by atoms with Crippen LogP contribution in [0.4, 0.5) is 0 Å². The Morgan fingerprint density at radius 2 is 2.04 bits per heavy atom. The van der Waals surface area contributed by atoms with Crippen LogP contribution >= 0.6 is 0 Å². The lowest BCUT2D eigenvalue weighted by molar-refractivity contribution is 0.0952. The molecule has 0 atom stereocenters. The van der Waals surface area contributed by atoms with Gasteiger partial charge in [-0.05, 0) is 36.4 Å². The monoisotopic (exact) mass is 322 g/mol. The summed E-state index contributed by atoms with van der Waals surface area (Å²) in [5, 5.41) is 2.91. The molecule has 24 heavy (non-hydrogen) atoms. The summed E-state index contributed by atoms with van der Waals surface area (Å²) in [5.74, 6) is 1.45. The molecule has 0 saturated heterocycles. The molecule has 3 rings (SSSR count). The van der Waals surface area contributed by atoms with Crippen LogP contribution in [0.3, 0.4) is 0 Å². The number of carbonyl (C=O) groups excluding carboxylic acids is 1. The first kappa shape index (κ1) is 15.7. The Labute approximate surface area is 140 Å². The van der Waals surface area contributed by atoms with Crippen molar-refractivity contribution in [2.75, 3.05) is 13.7 Å². The molecule has 2 heterocycles. The fourth-order valence-corrected chi connectivity index (χ4v) is 2.38. The molecular formula is C18H18N4O2. The van der Waals surface area contributed by atoms with Gasteiger partial charge in [-0.3, -0.25) is 9.78 Å². The molecule has 0 aliphatic heterocycles. The highest BCUT2D eigenvalue weighted by Crippen LogP contribution is 2.15. The molecule has 0 aliphatic rings. The smallest absolute Gasteiger partial charge is 0.251 e. The topological polar surface area (TPSA) is 69.0 Å². The Hall–Kier alpha value is -3.15. The van der Waals surface area contributed by atoms with E-state index in [9.17, 15) is 4.79 Å². The highest BCUT2D eigenvalue weighted by Gasteiger charge is 2.08. The summed E-state index contributed by atoms with van der Waals surface area (Å²) >= 11 is 0. The van der Waals surface area contributed by atoms with Gasteiger partial charge in [0.1, 0.15) is 11.6 Å². The number of imidazole rings is 1. The predicted molar refractivity (Wildman–Crippen MR) is 90.8 cm³/mol. The number of rotatable bonds is 6. The van der Waals surface area contributed by atoms with E-state index in [2.05, 4.69) is 15.3 Å². The van der Waals surface area contributed by atoms with Crippen molar-refractivity contribution >= 4 is 5.91 Å². The molecule has 1 N–H and O–H groups in total. The van der Waals surface area contributed by atoms with Crippen molar-refractivity contribution in [3.05, 3.63) is 66.7 Å². The number of benzene rings is 1. The molecule has 6 nitrogen and oxygen atoms in total. The van der Waals surface area contributed by atoms with Crippen LogP contribution in [-0.2, 0) is 6.54 Å². The van der Waals surface area contributed by atoms with Crippen molar-refractivity contribution in [1.29, 1.82) is 0 Å². The number of amides is 1. The molecule has 0 unspecified atom stereocenters. The van der Waals surface area contributed by atoms with E-state index in [4.69, 9.17) is 4.74 Å². The van der Waals surface area contributed by atoms with Gasteiger partial charge in [-0.25, -0.2) is 4.98 Å². The molecule has 2 aromatic heterocycles. The van der Waals surface area contributed by atoms with Gasteiger partial charge in [0.15, 0.2) is 0 Å². The fraction of sp³-hybridized carbons (Fsp3) is 0.167. The molecule has 0 fully saturated rings. The second-order valence-electron chi connectivity index (χ2n) is 5.17. The van der Waals surface area contributed by atoms with Crippen molar-refractivity contribution in [2.24, 2.45) is 0 Å². The lowest BCUT2D eigenvalue weighted by atomic mass is 10.2. The highest BCUT2D eigenvalue weighted by molar-refractivity contribution is 5.94. The molecule has 1 aromatic carbocycles. The first-order valence-electron chi connectivity index (χ1n) is 7.62. The van der Waals surface area contributed by atoms with Gasteiger partial charge in [0.25, 0.3) is 5.91 Å². The predicted octanol–water partition coefficient (Wildman–Crippen LogP) is 2.38. The summed E-state index contributed by atoms with van der Waals surface area (Å²) < 4.78 is 7.08. The van der Waals surface area contributed by atoms with Crippen LogP contribution < -0.4 is 10.1 Å². The van der Waals surface area contributed by atoms with Gasteiger partial charge in [0.2, 0.25) is 0 Å². The minimum absolute atomic E-state index is 0.110. The van der Waals surface area contributed by atoms with Crippen LogP contribution in [0.25, 0.3) is 11.4 Å². The van der Waals surface area contributed by atoms with E-state index in [1.165, 1.54) is 0 Å². The van der Waals surface area contributed by atoms with Gasteiger partial charge in [-0.2, -0.15) is 0 Å². The molecule has 1 amide bonds. The minimum Gasteiger partial charge on any atom is -0.497 e. The molecule has 6 heteroatoms. The SMILES string of the molecule is COc1ccc(C(=O)NCCn2ccnc2-c2cccnc2)cc1. The van der Waals surface area contributed by atoms with Crippen molar-refractivity contribution in [3.63, 3.8) is 0 Å². The third-order valence-corrected chi connectivity index (χ3v) is 3.63. The number of hydrogen-bond acceptors (Lipinski definition) is 4. The Balaban J connectivity index is 1.59. The van der Waals surface area contributed by atoms with Crippen molar-refractivity contribution in [2.45, 2.75) is 6.54 Å². The summed E-state index contributed by atoms with van der Waals surface area (Å²) in [6, 6.07) is 10.9. The largest absolute Gasteiger partial charge is 0.497 e. The number of hydrogen-bond donors (Lipinski definition) is 1. The second-order valence-corrected chi connectivity index (χ2v) is 5.17. The molecule has 0 saturated carbocycles. The number of ether oxygens (including phenoxy) is 1. The van der Waals surface area contributed by atoms with E-state index in [1.807, 2.05) is 22.9 Å². The summed E-state index contributed by atoms with van der Waals surface area (Å²) in [4.78, 5) is 20.6. The third-order valence-electron chi connectivity index (χ3n) is 3.63. The molecule has 0 radical (unpaired) electrons. The van der Waals surface area contributed by atoms with Crippen molar-refractivity contribution in [1.82, 2.24) is 19.9 Å². The van der Waals surface area contributed by atoms with Crippen molar-refractivity contribution < 1.29 is 9.53 Å². The first-order valence-corrected chi connectivity index (χ1v) is 7.62. The Bertz CT molecular complexity index is 797. The zero-order valence-corrected chi connectivity index (χ0v) is 13.3. The van der Waals surface area contributed by atoms with Gasteiger partial charge < -0.3 is 14.6 Å². The highest BCUT2D eigenvalue weighted by atomic mass is 16.5. The van der Waals surface area contributed by atoms with Gasteiger partial charge in [0, 0.05) is 49.0 Å². The Morgan fingerprint density at radius 3 is 2.75 bits per heavy atom. The van der Waals surface area contributed by atoms with Crippen LogP contribution in [0.1, 0.15) is 10.4 Å². The molecule has 0 bridgehead atoms. The average Bonchev–Trinajstić information content (AvgIpc) is 3.11. The number of carbonyl (C=O) groups is 1. The molecule has 3 aromatic rings. The van der Waals surface area contributed by atoms with E-state index in [-0.39, 0.29) is 5.91 Å². The lowest BCUT2D eigenvalue weighted by Gasteiger charge is -2.09. The zero-order valence-electron chi connectivity index (χ0n) is 13.3. The maximum atomic E-state index is 12.1. The van der Waals surface area contributed by atoms with E-state index < -0.39 is 0 Å². The zero-order chi connectivity index (χ0) is 16.8. The maximum Gasteiger partial charge on any atom is 0.251 e. The lowest BCUT2D eigenvalue weighted by Crippen LogP contribution is -2.27. The van der Waals surface area contributed by atoms with Crippen LogP contribution in [0, 0.1) is 0 Å². The summed E-state index contributed by atoms with van der Waals surface area (Å²) in [5.41, 5.74) is 1.55. The number of nitrogens with one attached hydrogen (secondary N) is 1. The first-order chi connectivity index (χ1) is 11.8. The molecular weight excluding hydrogens is 304 g/mol. The second kappa shape index (κ2) is 7.41. The van der Waals surface area contributed by atoms with Gasteiger partial charge in [-0.1, -0.05) is 0 Å². The normalized spacial score (nSPS) is 10.4. The average molecular weight is 322 g/mol. The van der Waals surface area contributed by atoms with Gasteiger partial charge >= 0.3 is 0 Å². The van der Waals surface area contributed by atoms with Crippen LogP contribution in [-0.4, -0.2) is 34.1 Å². The fourth-order valence-electron chi connectivity index (χ4n) is 2.38. The van der Waals surface area contributed by atoms with Crippen molar-refractivity contribution in [3.8, 4) is 17.1 Å². The third kappa shape index (κ3) is 3.60. The summed E-state index contributed by atoms with van der Waals surface area (Å²) in [7, 11) is 1.60. The number of pyridine rings is 1. The summed E-state index contributed by atoms with van der Waals surface area (Å²) in [6.07, 6.45) is 7.14. The van der Waals surface area contributed by atoms with Crippen LogP contribution in [0.2, 0.25) is 0 Å². The summed E-state index contributed by atoms with van der Waals surface area (Å²) in [6.45, 7) is 1.14. The van der Waals surface area contributed by atoms with E-state index >= 15 is 0 Å². The standard InChI is InChI=1S/C18H18N4O2/c1-24-16-6-4-14(5-7-16)18(23)21-10-12-22-11-9-20-17(22)15-3-2-8-19-13-15/h2-9,11,13H,10,12H2,1H3,(H,21,23). The number of methoxy groups -OCH3 is 1. The van der Waals surface area contributed by atoms with Gasteiger partial charge in [-0.15, -0.1) is 0 Å². The van der Waals surface area contributed by atoms with E-state index in [0.717, 1.165) is 17.1 Å². The van der Waals surface area contributed by atoms with Gasteiger partial charge in [0.05, 0.1) is 7.11 Å². The van der Waals surface area contributed by atoms with E-state index in [1.54, 1.807) is 50.0 Å². The van der Waals surface area contributed by atoms with Crippen LogP contribution in [0.15, 0.2) is 61.2 Å². The van der Waals surface area contributed by atoms with E-state index in [0.29, 0.717) is 18.7 Å². The Morgan fingerprint density at radius 1 is 1.21 bits per heavy atom. The van der Waals surface area contributed by atoms with Crippen LogP contribution in [0.5, 0.6) is 5.75 Å². The molecule has 122 valence electrons. The molecule has 0 spiro atoms. The minimum atomic E-state index is -0.110. The maximum absolute atomic E-state index is 12.1. The Kier molecular flexibility index (Phi) is 4.86. The number of aromatic nitrogens is 3. The number of nitrogens with zero attached hydrogens (tertiary/aromatic N) is 3.